The van der Waals surface area contributed by atoms with E-state index in [-0.39, 0.29) is 5.78 Å². The van der Waals surface area contributed by atoms with E-state index in [4.69, 9.17) is 0 Å². The molecule has 4 heteroatoms. The number of thiocarbonyl (C=S) groups is 1. The largest absolute Gasteiger partial charge is 0.302 e. The first-order valence-corrected chi connectivity index (χ1v) is 4.90. The molecule has 1 rings (SSSR count). The number of hydrogen-bond acceptors (Lipinski definition) is 4. The minimum Gasteiger partial charge on any atom is -0.302 e. The Morgan fingerprint density at radius 1 is 1.53 bits per heavy atom. The third kappa shape index (κ3) is 3.72. The molecule has 15 heavy (non-hydrogen) atoms. The van der Waals surface area contributed by atoms with Crippen LogP contribution in [0, 0.1) is 0 Å². The number of rotatable bonds is 4. The lowest BCUT2D eigenvalue weighted by molar-refractivity contribution is 0.0958. The van der Waals surface area contributed by atoms with Gasteiger partial charge in [0, 0.05) is 5.56 Å². The van der Waals surface area contributed by atoms with E-state index < -0.39 is 0 Å². The van der Waals surface area contributed by atoms with Gasteiger partial charge in [-0.05, 0) is 38.4 Å². The summed E-state index contributed by atoms with van der Waals surface area (Å²) in [5, 5.41) is 2.28. The van der Waals surface area contributed by atoms with Gasteiger partial charge in [0.1, 0.15) is 0 Å². The minimum atomic E-state index is 0.0708. The van der Waals surface area contributed by atoms with Crippen molar-refractivity contribution in [3.8, 4) is 0 Å². The van der Waals surface area contributed by atoms with Crippen LogP contribution in [-0.4, -0.2) is 36.5 Å². The molecular formula is C11H12N2OS. The van der Waals surface area contributed by atoms with E-state index in [0.29, 0.717) is 17.8 Å². The van der Waals surface area contributed by atoms with E-state index in [1.165, 1.54) is 0 Å². The predicted molar refractivity (Wildman–Crippen MR) is 64.0 cm³/mol. The lowest BCUT2D eigenvalue weighted by Gasteiger charge is -2.08. The Morgan fingerprint density at radius 2 is 2.27 bits per heavy atom. The fourth-order valence-corrected chi connectivity index (χ4v) is 1.29. The van der Waals surface area contributed by atoms with Crippen LogP contribution in [0.5, 0.6) is 0 Å². The smallest absolute Gasteiger partial charge is 0.176 e. The highest BCUT2D eigenvalue weighted by Crippen LogP contribution is 2.13. The Labute approximate surface area is 94.4 Å². The van der Waals surface area contributed by atoms with Crippen LogP contribution in [0.4, 0.5) is 5.69 Å². The molecule has 3 nitrogen and oxygen atoms in total. The molecule has 0 radical (unpaired) electrons. The summed E-state index contributed by atoms with van der Waals surface area (Å²) < 4.78 is 0. The summed E-state index contributed by atoms with van der Waals surface area (Å²) in [5.74, 6) is 0.0708. The van der Waals surface area contributed by atoms with Crippen LogP contribution < -0.4 is 0 Å². The Morgan fingerprint density at radius 3 is 2.87 bits per heavy atom. The Hall–Kier alpha value is -1.35. The second kappa shape index (κ2) is 5.51. The van der Waals surface area contributed by atoms with Crippen LogP contribution in [0.25, 0.3) is 0 Å². The van der Waals surface area contributed by atoms with Crippen molar-refractivity contribution in [1.29, 1.82) is 0 Å². The number of likely N-dealkylation sites (N-methyl/N-ethyl adjacent to an activating group) is 1. The van der Waals surface area contributed by atoms with Crippen molar-refractivity contribution in [2.75, 3.05) is 20.6 Å². The van der Waals surface area contributed by atoms with Crippen LogP contribution in [0.1, 0.15) is 10.4 Å². The van der Waals surface area contributed by atoms with Crippen molar-refractivity contribution < 1.29 is 4.79 Å². The van der Waals surface area contributed by atoms with Gasteiger partial charge in [-0.25, -0.2) is 0 Å². The van der Waals surface area contributed by atoms with Gasteiger partial charge in [0.2, 0.25) is 0 Å². The van der Waals surface area contributed by atoms with Crippen LogP contribution >= 0.6 is 12.2 Å². The van der Waals surface area contributed by atoms with Crippen LogP contribution in [0.15, 0.2) is 29.3 Å². The molecule has 0 unspecified atom stereocenters. The van der Waals surface area contributed by atoms with Gasteiger partial charge in [0.15, 0.2) is 5.78 Å². The van der Waals surface area contributed by atoms with Crippen molar-refractivity contribution >= 4 is 28.8 Å². The number of nitrogens with zero attached hydrogens (tertiary/aromatic N) is 2. The predicted octanol–water partition coefficient (Wildman–Crippen LogP) is 2.17. The van der Waals surface area contributed by atoms with E-state index in [9.17, 15) is 4.79 Å². The van der Waals surface area contributed by atoms with Gasteiger partial charge in [-0.3, -0.25) is 4.79 Å². The number of ketones is 1. The van der Waals surface area contributed by atoms with E-state index in [1.807, 2.05) is 19.0 Å². The van der Waals surface area contributed by atoms with E-state index in [1.54, 1.807) is 24.3 Å². The number of carbonyl (C=O) groups is 1. The molecule has 0 fully saturated rings. The fourth-order valence-electron chi connectivity index (χ4n) is 1.18. The molecule has 0 saturated carbocycles. The molecule has 0 saturated heterocycles. The van der Waals surface area contributed by atoms with Gasteiger partial charge in [0.05, 0.1) is 17.4 Å². The first kappa shape index (κ1) is 11.7. The van der Waals surface area contributed by atoms with Crippen LogP contribution in [0.2, 0.25) is 0 Å². The lowest BCUT2D eigenvalue weighted by Crippen LogP contribution is -2.21. The van der Waals surface area contributed by atoms with E-state index in [0.717, 1.165) is 0 Å². The molecule has 1 aromatic rings. The molecular weight excluding hydrogens is 208 g/mol. The molecule has 0 amide bonds. The number of isothiocyanates is 1. The van der Waals surface area contributed by atoms with Gasteiger partial charge in [-0.1, -0.05) is 12.1 Å². The topological polar surface area (TPSA) is 32.7 Å². The van der Waals surface area contributed by atoms with Crippen molar-refractivity contribution in [1.82, 2.24) is 4.90 Å². The Kier molecular flexibility index (Phi) is 4.31. The van der Waals surface area contributed by atoms with Gasteiger partial charge in [-0.2, -0.15) is 4.99 Å². The summed E-state index contributed by atoms with van der Waals surface area (Å²) in [7, 11) is 3.72. The zero-order valence-corrected chi connectivity index (χ0v) is 9.54. The Bertz CT molecular complexity index is 409. The second-order valence-corrected chi connectivity index (χ2v) is 3.60. The fraction of sp³-hybridized carbons (Fsp3) is 0.273. The highest BCUT2D eigenvalue weighted by Gasteiger charge is 2.06. The highest BCUT2D eigenvalue weighted by molar-refractivity contribution is 7.78. The summed E-state index contributed by atoms with van der Waals surface area (Å²) in [5.41, 5.74) is 1.31. The third-order valence-electron chi connectivity index (χ3n) is 1.80. The summed E-state index contributed by atoms with van der Waals surface area (Å²) in [6.45, 7) is 0.394. The molecule has 0 aliphatic carbocycles. The zero-order valence-electron chi connectivity index (χ0n) is 8.73. The summed E-state index contributed by atoms with van der Waals surface area (Å²) in [4.78, 5) is 17.3. The summed E-state index contributed by atoms with van der Waals surface area (Å²) >= 11 is 4.50. The first-order valence-electron chi connectivity index (χ1n) is 4.49. The molecule has 0 aromatic heterocycles. The first-order chi connectivity index (χ1) is 7.13. The average molecular weight is 220 g/mol. The van der Waals surface area contributed by atoms with Gasteiger partial charge in [0.25, 0.3) is 0 Å². The Balaban J connectivity index is 2.90. The van der Waals surface area contributed by atoms with Gasteiger partial charge >= 0.3 is 0 Å². The number of aliphatic imine (C=N–C) groups is 1. The normalized spacial score (nSPS) is 9.80. The number of Topliss-reactive ketones (excluding diaryl/α,β-unsaturated/α-hetero) is 1. The van der Waals surface area contributed by atoms with Crippen LogP contribution in [-0.2, 0) is 0 Å². The molecule has 1 aromatic carbocycles. The molecule has 0 N–H and O–H groups in total. The van der Waals surface area contributed by atoms with E-state index in [2.05, 4.69) is 22.4 Å². The zero-order chi connectivity index (χ0) is 11.3. The van der Waals surface area contributed by atoms with Crippen LogP contribution in [0.3, 0.4) is 0 Å². The summed E-state index contributed by atoms with van der Waals surface area (Å²) in [6.07, 6.45) is 0. The average Bonchev–Trinajstić information content (AvgIpc) is 2.17. The SMILES string of the molecule is CN(C)CC(=O)c1cccc(N=C=S)c1. The van der Waals surface area contributed by atoms with Crippen molar-refractivity contribution in [2.45, 2.75) is 0 Å². The maximum Gasteiger partial charge on any atom is 0.176 e. The molecule has 0 bridgehead atoms. The maximum absolute atomic E-state index is 11.7. The second-order valence-electron chi connectivity index (χ2n) is 3.41. The standard InChI is InChI=1S/C11H12N2OS/c1-13(2)7-11(14)9-4-3-5-10(6-9)12-8-15/h3-6H,7H2,1-2H3. The van der Waals surface area contributed by atoms with Crippen molar-refractivity contribution in [2.24, 2.45) is 4.99 Å². The van der Waals surface area contributed by atoms with Crippen molar-refractivity contribution in [3.05, 3.63) is 29.8 Å². The molecule has 78 valence electrons. The molecule has 0 heterocycles. The maximum atomic E-state index is 11.7. The van der Waals surface area contributed by atoms with Gasteiger partial charge < -0.3 is 4.90 Å². The third-order valence-corrected chi connectivity index (χ3v) is 1.89. The van der Waals surface area contributed by atoms with Gasteiger partial charge in [-0.15, -0.1) is 0 Å². The minimum absolute atomic E-state index is 0.0708. The van der Waals surface area contributed by atoms with E-state index >= 15 is 0 Å². The quantitative estimate of drug-likeness (QED) is 0.443. The number of benzene rings is 1. The molecule has 0 atom stereocenters. The molecule has 0 aliphatic rings. The number of hydrogen-bond donors (Lipinski definition) is 0. The van der Waals surface area contributed by atoms with Crippen molar-refractivity contribution in [3.63, 3.8) is 0 Å². The lowest BCUT2D eigenvalue weighted by atomic mass is 10.1. The number of carbonyl (C=O) groups excluding carboxylic acids is 1. The highest BCUT2D eigenvalue weighted by atomic mass is 32.1. The molecule has 0 aliphatic heterocycles. The summed E-state index contributed by atoms with van der Waals surface area (Å²) in [6, 6.07) is 7.06. The monoisotopic (exact) mass is 220 g/mol. The molecule has 0 spiro atoms.